The number of fused-ring (bicyclic) bond motifs is 2. The van der Waals surface area contributed by atoms with Crippen molar-refractivity contribution in [1.29, 1.82) is 0 Å². The van der Waals surface area contributed by atoms with Gasteiger partial charge in [-0.2, -0.15) is 0 Å². The number of rotatable bonds is 4. The number of carbonyl (C=O) groups is 1. The summed E-state index contributed by atoms with van der Waals surface area (Å²) >= 11 is 1.36. The number of amides is 1. The lowest BCUT2D eigenvalue weighted by Crippen LogP contribution is -2.13. The van der Waals surface area contributed by atoms with Crippen molar-refractivity contribution in [2.24, 2.45) is 0 Å². The highest BCUT2D eigenvalue weighted by Gasteiger charge is 2.17. The standard InChI is InChI=1S/C22H16N2O4S/c1-26-19-9-14-5-3-2-4-13(14)8-16(19)21(25)24-22-23-17(11-29-22)15-6-7-18-20(10-15)28-12-27-18/h2-11H,12H2,1H3,(H,23,24,25). The minimum atomic E-state index is -0.265. The van der Waals surface area contributed by atoms with Crippen LogP contribution in [-0.2, 0) is 0 Å². The van der Waals surface area contributed by atoms with E-state index in [2.05, 4.69) is 10.3 Å². The molecule has 1 aliphatic rings. The van der Waals surface area contributed by atoms with E-state index >= 15 is 0 Å². The van der Waals surface area contributed by atoms with Crippen LogP contribution in [0.1, 0.15) is 10.4 Å². The zero-order valence-corrected chi connectivity index (χ0v) is 16.3. The topological polar surface area (TPSA) is 69.7 Å². The summed E-state index contributed by atoms with van der Waals surface area (Å²) in [5.74, 6) is 1.68. The van der Waals surface area contributed by atoms with Gasteiger partial charge in [0.15, 0.2) is 16.6 Å². The molecule has 0 unspecified atom stereocenters. The van der Waals surface area contributed by atoms with Crippen molar-refractivity contribution in [3.05, 3.63) is 65.5 Å². The van der Waals surface area contributed by atoms with Crippen LogP contribution in [0.2, 0.25) is 0 Å². The molecular formula is C22H16N2O4S. The van der Waals surface area contributed by atoms with Gasteiger partial charge in [-0.15, -0.1) is 11.3 Å². The van der Waals surface area contributed by atoms with Gasteiger partial charge in [0.2, 0.25) is 6.79 Å². The van der Waals surface area contributed by atoms with Crippen LogP contribution >= 0.6 is 11.3 Å². The normalized spacial score (nSPS) is 12.2. The maximum atomic E-state index is 12.9. The molecule has 144 valence electrons. The number of hydrogen-bond acceptors (Lipinski definition) is 6. The first-order valence-electron chi connectivity index (χ1n) is 8.95. The summed E-state index contributed by atoms with van der Waals surface area (Å²) < 4.78 is 16.2. The fourth-order valence-corrected chi connectivity index (χ4v) is 3.96. The highest BCUT2D eigenvalue weighted by atomic mass is 32.1. The van der Waals surface area contributed by atoms with E-state index in [9.17, 15) is 4.79 Å². The van der Waals surface area contributed by atoms with Crippen molar-refractivity contribution in [2.75, 3.05) is 19.2 Å². The monoisotopic (exact) mass is 404 g/mol. The van der Waals surface area contributed by atoms with Gasteiger partial charge in [0.1, 0.15) is 5.75 Å². The van der Waals surface area contributed by atoms with Crippen molar-refractivity contribution < 1.29 is 19.0 Å². The van der Waals surface area contributed by atoms with Gasteiger partial charge in [-0.25, -0.2) is 4.98 Å². The number of nitrogens with zero attached hydrogens (tertiary/aromatic N) is 1. The third-order valence-electron chi connectivity index (χ3n) is 4.71. The van der Waals surface area contributed by atoms with Gasteiger partial charge in [0, 0.05) is 10.9 Å². The summed E-state index contributed by atoms with van der Waals surface area (Å²) in [4.78, 5) is 17.4. The molecule has 0 fully saturated rings. The fourth-order valence-electron chi connectivity index (χ4n) is 3.25. The van der Waals surface area contributed by atoms with Gasteiger partial charge in [0.25, 0.3) is 5.91 Å². The third kappa shape index (κ3) is 3.25. The molecule has 0 atom stereocenters. The van der Waals surface area contributed by atoms with E-state index in [1.165, 1.54) is 11.3 Å². The molecular weight excluding hydrogens is 388 g/mol. The lowest BCUT2D eigenvalue weighted by molar-refractivity contribution is 0.102. The molecule has 1 N–H and O–H groups in total. The van der Waals surface area contributed by atoms with E-state index < -0.39 is 0 Å². The van der Waals surface area contributed by atoms with Crippen LogP contribution in [0.25, 0.3) is 22.0 Å². The highest BCUT2D eigenvalue weighted by Crippen LogP contribution is 2.36. The Labute approximate surface area is 170 Å². The van der Waals surface area contributed by atoms with Crippen LogP contribution in [0, 0.1) is 0 Å². The van der Waals surface area contributed by atoms with Crippen LogP contribution in [0.15, 0.2) is 60.0 Å². The van der Waals surface area contributed by atoms with Crippen LogP contribution in [0.4, 0.5) is 5.13 Å². The molecule has 0 aliphatic carbocycles. The van der Waals surface area contributed by atoms with E-state index in [0.717, 1.165) is 27.8 Å². The van der Waals surface area contributed by atoms with E-state index in [-0.39, 0.29) is 12.7 Å². The molecule has 1 aromatic heterocycles. The maximum Gasteiger partial charge on any atom is 0.261 e. The Bertz CT molecular complexity index is 1230. The summed E-state index contributed by atoms with van der Waals surface area (Å²) in [6.07, 6.45) is 0. The molecule has 7 heteroatoms. The van der Waals surface area contributed by atoms with Crippen molar-refractivity contribution in [3.63, 3.8) is 0 Å². The zero-order valence-electron chi connectivity index (χ0n) is 15.5. The van der Waals surface area contributed by atoms with Gasteiger partial charge in [-0.3, -0.25) is 10.1 Å². The third-order valence-corrected chi connectivity index (χ3v) is 5.46. The van der Waals surface area contributed by atoms with Crippen molar-refractivity contribution in [1.82, 2.24) is 4.98 Å². The summed E-state index contributed by atoms with van der Waals surface area (Å²) in [6, 6.07) is 17.2. The van der Waals surface area contributed by atoms with E-state index in [1.54, 1.807) is 7.11 Å². The predicted octanol–water partition coefficient (Wildman–Crippen LogP) is 4.95. The number of benzene rings is 3. The van der Waals surface area contributed by atoms with Gasteiger partial charge in [-0.05, 0) is 41.1 Å². The first kappa shape index (κ1) is 17.5. The van der Waals surface area contributed by atoms with Gasteiger partial charge in [-0.1, -0.05) is 24.3 Å². The molecule has 0 saturated carbocycles. The van der Waals surface area contributed by atoms with Gasteiger partial charge >= 0.3 is 0 Å². The average Bonchev–Trinajstić information content (AvgIpc) is 3.41. The molecule has 0 radical (unpaired) electrons. The largest absolute Gasteiger partial charge is 0.496 e. The Balaban J connectivity index is 1.41. The SMILES string of the molecule is COc1cc2ccccc2cc1C(=O)Nc1nc(-c2ccc3c(c2)OCO3)cs1. The summed E-state index contributed by atoms with van der Waals surface area (Å²) in [6.45, 7) is 0.227. The van der Waals surface area contributed by atoms with Crippen molar-refractivity contribution in [3.8, 4) is 28.5 Å². The molecule has 1 amide bonds. The number of ether oxygens (including phenoxy) is 3. The second-order valence-corrected chi connectivity index (χ2v) is 7.32. The zero-order chi connectivity index (χ0) is 19.8. The fraction of sp³-hybridized carbons (Fsp3) is 0.0909. The average molecular weight is 404 g/mol. The molecule has 6 nitrogen and oxygen atoms in total. The second kappa shape index (κ2) is 7.10. The Kier molecular flexibility index (Phi) is 4.29. The van der Waals surface area contributed by atoms with Crippen LogP contribution < -0.4 is 19.5 Å². The predicted molar refractivity (Wildman–Crippen MR) is 112 cm³/mol. The number of nitrogens with one attached hydrogen (secondary N) is 1. The Morgan fingerprint density at radius 2 is 1.86 bits per heavy atom. The number of methoxy groups -OCH3 is 1. The lowest BCUT2D eigenvalue weighted by atomic mass is 10.1. The maximum absolute atomic E-state index is 12.9. The van der Waals surface area contributed by atoms with E-state index in [0.29, 0.717) is 22.2 Å². The summed E-state index contributed by atoms with van der Waals surface area (Å²) in [5, 5.41) is 7.26. The molecule has 0 bridgehead atoms. The Morgan fingerprint density at radius 3 is 2.69 bits per heavy atom. The molecule has 3 aromatic carbocycles. The first-order chi connectivity index (χ1) is 14.2. The molecule has 0 spiro atoms. The Hall–Kier alpha value is -3.58. The highest BCUT2D eigenvalue weighted by molar-refractivity contribution is 7.14. The quantitative estimate of drug-likeness (QED) is 0.521. The van der Waals surface area contributed by atoms with E-state index in [1.807, 2.05) is 60.0 Å². The molecule has 4 aromatic rings. The van der Waals surface area contributed by atoms with Crippen LogP contribution in [-0.4, -0.2) is 24.8 Å². The Morgan fingerprint density at radius 1 is 1.07 bits per heavy atom. The summed E-state index contributed by atoms with van der Waals surface area (Å²) in [7, 11) is 1.56. The molecule has 5 rings (SSSR count). The number of anilines is 1. The van der Waals surface area contributed by atoms with Crippen molar-refractivity contribution >= 4 is 33.1 Å². The molecule has 0 saturated heterocycles. The van der Waals surface area contributed by atoms with Crippen LogP contribution in [0.3, 0.4) is 0 Å². The number of hydrogen-bond donors (Lipinski definition) is 1. The summed E-state index contributed by atoms with van der Waals surface area (Å²) in [5.41, 5.74) is 2.12. The molecule has 1 aliphatic heterocycles. The number of thiazole rings is 1. The van der Waals surface area contributed by atoms with Crippen LogP contribution in [0.5, 0.6) is 17.2 Å². The van der Waals surface area contributed by atoms with Crippen molar-refractivity contribution in [2.45, 2.75) is 0 Å². The smallest absolute Gasteiger partial charge is 0.261 e. The van der Waals surface area contributed by atoms with Gasteiger partial charge in [0.05, 0.1) is 18.4 Å². The number of carbonyl (C=O) groups excluding carboxylic acids is 1. The second-order valence-electron chi connectivity index (χ2n) is 6.46. The lowest BCUT2D eigenvalue weighted by Gasteiger charge is -2.10. The minimum absolute atomic E-state index is 0.227. The first-order valence-corrected chi connectivity index (χ1v) is 9.83. The molecule has 29 heavy (non-hydrogen) atoms. The minimum Gasteiger partial charge on any atom is -0.496 e. The number of aromatic nitrogens is 1. The van der Waals surface area contributed by atoms with E-state index in [4.69, 9.17) is 14.2 Å². The molecule has 2 heterocycles. The van der Waals surface area contributed by atoms with Gasteiger partial charge < -0.3 is 14.2 Å².